The lowest BCUT2D eigenvalue weighted by Gasteiger charge is -2.18. The fourth-order valence-electron chi connectivity index (χ4n) is 6.72. The summed E-state index contributed by atoms with van der Waals surface area (Å²) < 4.78 is 16.7. The Morgan fingerprint density at radius 3 is 1.05 bits per heavy atom. The fraction of sp³-hybridized carbons (Fsp3) is 0.638. The summed E-state index contributed by atoms with van der Waals surface area (Å²) in [6.45, 7) is 6.32. The Balaban J connectivity index is 4.52. The molecule has 0 radical (unpaired) electrons. The standard InChI is InChI=1S/C58H94O6/c1-4-7-10-13-16-19-22-25-27-28-29-30-32-34-37-39-42-45-48-51-57(60)63-54-55(64-58(61)52-49-46-43-40-35-24-21-18-15-12-9-6-3)53-62-56(59)50-47-44-41-38-36-33-31-26-23-20-17-14-11-8-5-2/h7-8,10-11,16-17,19-20,25-27,29-31,34,37,42,45,55H,4-6,9,12-15,18,21-24,28,32-33,35-36,38-41,43-44,46-54H2,1-3H3/b10-7-,11-8-,19-16-,20-17-,27-25-,30-29-,31-26-,37-34-,45-42-/t55-/m0/s1. The van der Waals surface area contributed by atoms with Crippen LogP contribution in [0.4, 0.5) is 0 Å². The Hall–Kier alpha value is -3.93. The molecule has 0 fully saturated rings. The van der Waals surface area contributed by atoms with Crippen LogP contribution in [-0.4, -0.2) is 37.2 Å². The van der Waals surface area contributed by atoms with Crippen LogP contribution >= 0.6 is 0 Å². The van der Waals surface area contributed by atoms with Gasteiger partial charge in [0.25, 0.3) is 0 Å². The lowest BCUT2D eigenvalue weighted by atomic mass is 10.0. The SMILES string of the molecule is CC/C=C\C/C=C\C/C=C\C/C=C\C/C=C\C/C=C\CCC(=O)OC[C@H](COC(=O)CCCCCCC/C=C\C/C=C\C/C=C\CC)OC(=O)CCCCCCCCCCCCCC. The number of allylic oxidation sites excluding steroid dienone is 18. The first-order valence-electron chi connectivity index (χ1n) is 25.9. The number of carbonyl (C=O) groups is 3. The summed E-state index contributed by atoms with van der Waals surface area (Å²) in [4.78, 5) is 37.9. The Bertz CT molecular complexity index is 1340. The molecule has 0 heterocycles. The minimum absolute atomic E-state index is 0.111. The van der Waals surface area contributed by atoms with Crippen LogP contribution in [-0.2, 0) is 28.6 Å². The van der Waals surface area contributed by atoms with Crippen LogP contribution in [0.2, 0.25) is 0 Å². The van der Waals surface area contributed by atoms with Crippen LogP contribution in [0.5, 0.6) is 0 Å². The van der Waals surface area contributed by atoms with Gasteiger partial charge in [-0.05, 0) is 89.9 Å². The van der Waals surface area contributed by atoms with Crippen molar-refractivity contribution in [3.63, 3.8) is 0 Å². The normalized spacial score (nSPS) is 13.0. The van der Waals surface area contributed by atoms with Crippen molar-refractivity contribution in [1.82, 2.24) is 0 Å². The first kappa shape index (κ1) is 60.1. The highest BCUT2D eigenvalue weighted by Gasteiger charge is 2.19. The maximum atomic E-state index is 12.8. The number of esters is 3. The number of hydrogen-bond acceptors (Lipinski definition) is 6. The van der Waals surface area contributed by atoms with Gasteiger partial charge < -0.3 is 14.2 Å². The highest BCUT2D eigenvalue weighted by atomic mass is 16.6. The smallest absolute Gasteiger partial charge is 0.306 e. The minimum atomic E-state index is -0.815. The van der Waals surface area contributed by atoms with E-state index in [-0.39, 0.29) is 37.5 Å². The fourth-order valence-corrected chi connectivity index (χ4v) is 6.72. The molecule has 0 N–H and O–H groups in total. The minimum Gasteiger partial charge on any atom is -0.462 e. The van der Waals surface area contributed by atoms with Gasteiger partial charge in [-0.2, -0.15) is 0 Å². The van der Waals surface area contributed by atoms with E-state index in [1.807, 2.05) is 12.2 Å². The van der Waals surface area contributed by atoms with Crippen molar-refractivity contribution in [1.29, 1.82) is 0 Å². The molecule has 0 aliphatic carbocycles. The third-order valence-corrected chi connectivity index (χ3v) is 10.5. The molecule has 0 aliphatic heterocycles. The van der Waals surface area contributed by atoms with Gasteiger partial charge in [-0.15, -0.1) is 0 Å². The summed E-state index contributed by atoms with van der Waals surface area (Å²) in [6.07, 6.45) is 69.4. The molecule has 0 amide bonds. The van der Waals surface area contributed by atoms with E-state index < -0.39 is 6.10 Å². The molecular formula is C58H94O6. The van der Waals surface area contributed by atoms with E-state index in [4.69, 9.17) is 14.2 Å². The van der Waals surface area contributed by atoms with Crippen LogP contribution in [0.15, 0.2) is 109 Å². The zero-order chi connectivity index (χ0) is 46.5. The highest BCUT2D eigenvalue weighted by molar-refractivity contribution is 5.71. The molecule has 6 heteroatoms. The first-order valence-corrected chi connectivity index (χ1v) is 25.9. The molecule has 0 aromatic heterocycles. The molecule has 0 aromatic carbocycles. The quantitative estimate of drug-likeness (QED) is 0.0262. The lowest BCUT2D eigenvalue weighted by Crippen LogP contribution is -2.30. The molecule has 0 aliphatic rings. The predicted molar refractivity (Wildman–Crippen MR) is 274 cm³/mol. The first-order chi connectivity index (χ1) is 31.5. The molecule has 0 bridgehead atoms. The van der Waals surface area contributed by atoms with Gasteiger partial charge in [0.15, 0.2) is 6.10 Å². The van der Waals surface area contributed by atoms with Gasteiger partial charge in [0.1, 0.15) is 13.2 Å². The van der Waals surface area contributed by atoms with Crippen LogP contribution in [0.25, 0.3) is 0 Å². The molecule has 0 unspecified atom stereocenters. The molecule has 1 atom stereocenters. The average molecular weight is 887 g/mol. The van der Waals surface area contributed by atoms with E-state index in [1.165, 1.54) is 57.8 Å². The third-order valence-electron chi connectivity index (χ3n) is 10.5. The van der Waals surface area contributed by atoms with E-state index in [1.54, 1.807) is 0 Å². The second-order valence-corrected chi connectivity index (χ2v) is 16.7. The van der Waals surface area contributed by atoms with Gasteiger partial charge in [-0.3, -0.25) is 14.4 Å². The molecule has 0 saturated heterocycles. The highest BCUT2D eigenvalue weighted by Crippen LogP contribution is 2.14. The Morgan fingerprint density at radius 1 is 0.328 bits per heavy atom. The number of ether oxygens (including phenoxy) is 3. The Morgan fingerprint density at radius 2 is 0.641 bits per heavy atom. The van der Waals surface area contributed by atoms with E-state index in [0.717, 1.165) is 116 Å². The van der Waals surface area contributed by atoms with Crippen molar-refractivity contribution in [2.45, 2.75) is 226 Å². The largest absolute Gasteiger partial charge is 0.462 e. The summed E-state index contributed by atoms with van der Waals surface area (Å²) in [5.74, 6) is -1.02. The molecule has 0 spiro atoms. The van der Waals surface area contributed by atoms with E-state index in [9.17, 15) is 14.4 Å². The van der Waals surface area contributed by atoms with E-state index in [2.05, 4.69) is 118 Å². The number of unbranched alkanes of at least 4 members (excludes halogenated alkanes) is 16. The summed E-state index contributed by atoms with van der Waals surface area (Å²) in [7, 11) is 0. The maximum absolute atomic E-state index is 12.8. The van der Waals surface area contributed by atoms with Crippen LogP contribution < -0.4 is 0 Å². The van der Waals surface area contributed by atoms with Crippen LogP contribution in [0.1, 0.15) is 220 Å². The van der Waals surface area contributed by atoms with Crippen LogP contribution in [0, 0.1) is 0 Å². The summed E-state index contributed by atoms with van der Waals surface area (Å²) in [5, 5.41) is 0. The molecule has 0 rings (SSSR count). The Kier molecular flexibility index (Phi) is 48.5. The zero-order valence-electron chi connectivity index (χ0n) is 41.3. The van der Waals surface area contributed by atoms with Gasteiger partial charge >= 0.3 is 17.9 Å². The summed E-state index contributed by atoms with van der Waals surface area (Å²) in [5.41, 5.74) is 0. The van der Waals surface area contributed by atoms with Crippen LogP contribution in [0.3, 0.4) is 0 Å². The van der Waals surface area contributed by atoms with Crippen molar-refractivity contribution in [3.05, 3.63) is 109 Å². The van der Waals surface area contributed by atoms with Gasteiger partial charge in [-0.1, -0.05) is 220 Å². The topological polar surface area (TPSA) is 78.9 Å². The van der Waals surface area contributed by atoms with Gasteiger partial charge in [0.05, 0.1) is 0 Å². The molecule has 362 valence electrons. The second kappa shape index (κ2) is 51.7. The number of carbonyl (C=O) groups excluding carboxylic acids is 3. The second-order valence-electron chi connectivity index (χ2n) is 16.7. The average Bonchev–Trinajstić information content (AvgIpc) is 3.29. The third kappa shape index (κ3) is 49.1. The van der Waals surface area contributed by atoms with Crippen molar-refractivity contribution >= 4 is 17.9 Å². The van der Waals surface area contributed by atoms with Crippen molar-refractivity contribution in [2.75, 3.05) is 13.2 Å². The molecule has 0 saturated carbocycles. The van der Waals surface area contributed by atoms with E-state index in [0.29, 0.717) is 19.3 Å². The molecule has 0 aromatic rings. The molecule has 64 heavy (non-hydrogen) atoms. The Labute approximate surface area is 393 Å². The van der Waals surface area contributed by atoms with Crippen molar-refractivity contribution in [2.24, 2.45) is 0 Å². The summed E-state index contributed by atoms with van der Waals surface area (Å²) in [6, 6.07) is 0. The molecular weight excluding hydrogens is 793 g/mol. The van der Waals surface area contributed by atoms with Gasteiger partial charge in [0.2, 0.25) is 0 Å². The van der Waals surface area contributed by atoms with Crippen molar-refractivity contribution in [3.8, 4) is 0 Å². The van der Waals surface area contributed by atoms with Gasteiger partial charge in [0, 0.05) is 19.3 Å². The number of rotatable bonds is 45. The predicted octanol–water partition coefficient (Wildman–Crippen LogP) is 17.1. The molecule has 6 nitrogen and oxygen atoms in total. The lowest BCUT2D eigenvalue weighted by molar-refractivity contribution is -0.166. The summed E-state index contributed by atoms with van der Waals surface area (Å²) >= 11 is 0. The number of hydrogen-bond donors (Lipinski definition) is 0. The monoisotopic (exact) mass is 887 g/mol. The van der Waals surface area contributed by atoms with E-state index >= 15 is 0 Å². The maximum Gasteiger partial charge on any atom is 0.306 e. The van der Waals surface area contributed by atoms with Gasteiger partial charge in [-0.25, -0.2) is 0 Å². The zero-order valence-corrected chi connectivity index (χ0v) is 41.3. The van der Waals surface area contributed by atoms with Crippen molar-refractivity contribution < 1.29 is 28.6 Å².